The van der Waals surface area contributed by atoms with Crippen LogP contribution in [0.15, 0.2) is 18.2 Å². The Labute approximate surface area is 113 Å². The van der Waals surface area contributed by atoms with Gasteiger partial charge in [0.15, 0.2) is 11.5 Å². The standard InChI is InChI=1S/C14H21NO2S/c1-11(10-18-2)8-15-9-12-4-3-5-13-14(12)17-7-6-16-13/h3-5,11,15H,6-10H2,1-2H3. The number of hydrogen-bond donors (Lipinski definition) is 1. The minimum Gasteiger partial charge on any atom is -0.486 e. The fraction of sp³-hybridized carbons (Fsp3) is 0.571. The lowest BCUT2D eigenvalue weighted by atomic mass is 10.1. The molecule has 0 aliphatic carbocycles. The summed E-state index contributed by atoms with van der Waals surface area (Å²) in [4.78, 5) is 0. The number of thioether (sulfide) groups is 1. The van der Waals surface area contributed by atoms with Gasteiger partial charge in [0.1, 0.15) is 13.2 Å². The third-order valence-electron chi connectivity index (χ3n) is 2.91. The highest BCUT2D eigenvalue weighted by atomic mass is 32.2. The Bertz CT molecular complexity index is 384. The van der Waals surface area contributed by atoms with Gasteiger partial charge in [0.25, 0.3) is 0 Å². The van der Waals surface area contributed by atoms with E-state index in [0.717, 1.165) is 24.6 Å². The Morgan fingerprint density at radius 1 is 1.33 bits per heavy atom. The molecule has 0 amide bonds. The second kappa shape index (κ2) is 6.90. The lowest BCUT2D eigenvalue weighted by Gasteiger charge is -2.21. The number of para-hydroxylation sites is 1. The smallest absolute Gasteiger partial charge is 0.165 e. The van der Waals surface area contributed by atoms with Gasteiger partial charge in [0.2, 0.25) is 0 Å². The van der Waals surface area contributed by atoms with Crippen molar-refractivity contribution in [1.29, 1.82) is 0 Å². The second-order valence-electron chi connectivity index (χ2n) is 4.63. The van der Waals surface area contributed by atoms with Gasteiger partial charge in [-0.3, -0.25) is 0 Å². The first-order valence-corrected chi connectivity index (χ1v) is 7.77. The monoisotopic (exact) mass is 267 g/mol. The second-order valence-corrected chi connectivity index (χ2v) is 5.54. The molecule has 18 heavy (non-hydrogen) atoms. The lowest BCUT2D eigenvalue weighted by Crippen LogP contribution is -2.23. The van der Waals surface area contributed by atoms with Gasteiger partial charge in [-0.2, -0.15) is 11.8 Å². The van der Waals surface area contributed by atoms with Gasteiger partial charge in [-0.1, -0.05) is 19.1 Å². The normalized spacial score (nSPS) is 15.4. The molecule has 1 aromatic rings. The molecule has 3 nitrogen and oxygen atoms in total. The Morgan fingerprint density at radius 3 is 3.00 bits per heavy atom. The van der Waals surface area contributed by atoms with Crippen LogP contribution in [0.4, 0.5) is 0 Å². The summed E-state index contributed by atoms with van der Waals surface area (Å²) < 4.78 is 11.3. The summed E-state index contributed by atoms with van der Waals surface area (Å²) >= 11 is 1.89. The van der Waals surface area contributed by atoms with Crippen molar-refractivity contribution >= 4 is 11.8 Å². The van der Waals surface area contributed by atoms with Crippen LogP contribution in [0.2, 0.25) is 0 Å². The lowest BCUT2D eigenvalue weighted by molar-refractivity contribution is 0.169. The highest BCUT2D eigenvalue weighted by Gasteiger charge is 2.15. The molecule has 2 rings (SSSR count). The van der Waals surface area contributed by atoms with E-state index < -0.39 is 0 Å². The molecule has 1 aromatic carbocycles. The zero-order valence-corrected chi connectivity index (χ0v) is 11.9. The molecule has 100 valence electrons. The van der Waals surface area contributed by atoms with Crippen molar-refractivity contribution in [3.05, 3.63) is 23.8 Å². The Kier molecular flexibility index (Phi) is 5.20. The maximum absolute atomic E-state index is 5.69. The van der Waals surface area contributed by atoms with E-state index in [4.69, 9.17) is 9.47 Å². The van der Waals surface area contributed by atoms with Crippen molar-refractivity contribution in [2.45, 2.75) is 13.5 Å². The van der Waals surface area contributed by atoms with Gasteiger partial charge >= 0.3 is 0 Å². The summed E-state index contributed by atoms with van der Waals surface area (Å²) in [6.07, 6.45) is 2.15. The van der Waals surface area contributed by atoms with Crippen LogP contribution >= 0.6 is 11.8 Å². The molecule has 1 atom stereocenters. The zero-order valence-electron chi connectivity index (χ0n) is 11.1. The summed E-state index contributed by atoms with van der Waals surface area (Å²) in [5.41, 5.74) is 1.18. The largest absolute Gasteiger partial charge is 0.486 e. The maximum Gasteiger partial charge on any atom is 0.165 e. The third-order valence-corrected chi connectivity index (χ3v) is 3.81. The molecule has 0 fully saturated rings. The number of rotatable bonds is 6. The third kappa shape index (κ3) is 3.56. The molecule has 4 heteroatoms. The van der Waals surface area contributed by atoms with Gasteiger partial charge in [-0.25, -0.2) is 0 Å². The summed E-state index contributed by atoms with van der Waals surface area (Å²) in [5, 5.41) is 3.49. The quantitative estimate of drug-likeness (QED) is 0.858. The van der Waals surface area contributed by atoms with Crippen LogP contribution in [0.3, 0.4) is 0 Å². The van der Waals surface area contributed by atoms with Crippen molar-refractivity contribution in [2.75, 3.05) is 31.8 Å². The van der Waals surface area contributed by atoms with Crippen LogP contribution in [0.1, 0.15) is 12.5 Å². The minimum atomic E-state index is 0.646. The van der Waals surface area contributed by atoms with E-state index in [1.165, 1.54) is 11.3 Å². The summed E-state index contributed by atoms with van der Waals surface area (Å²) in [5.74, 6) is 3.67. The Hall–Kier alpha value is -0.870. The molecule has 0 spiro atoms. The van der Waals surface area contributed by atoms with Crippen molar-refractivity contribution in [1.82, 2.24) is 5.32 Å². The fourth-order valence-corrected chi connectivity index (χ4v) is 2.76. The van der Waals surface area contributed by atoms with Crippen molar-refractivity contribution in [2.24, 2.45) is 5.92 Å². The van der Waals surface area contributed by atoms with E-state index in [-0.39, 0.29) is 0 Å². The molecule has 1 heterocycles. The van der Waals surface area contributed by atoms with Crippen LogP contribution in [-0.2, 0) is 6.54 Å². The molecule has 1 aliphatic rings. The SMILES string of the molecule is CSCC(C)CNCc1cccc2c1OCCO2. The van der Waals surface area contributed by atoms with Crippen LogP contribution < -0.4 is 14.8 Å². The first-order chi connectivity index (χ1) is 8.81. The molecule has 0 saturated carbocycles. The molecule has 1 aliphatic heterocycles. The number of nitrogens with one attached hydrogen (secondary N) is 1. The summed E-state index contributed by atoms with van der Waals surface area (Å²) in [6.45, 7) is 5.43. The highest BCUT2D eigenvalue weighted by molar-refractivity contribution is 7.98. The van der Waals surface area contributed by atoms with E-state index >= 15 is 0 Å². The fourth-order valence-electron chi connectivity index (χ4n) is 2.07. The van der Waals surface area contributed by atoms with Gasteiger partial charge in [0, 0.05) is 12.1 Å². The summed E-state index contributed by atoms with van der Waals surface area (Å²) in [7, 11) is 0. The van der Waals surface area contributed by atoms with E-state index in [9.17, 15) is 0 Å². The van der Waals surface area contributed by atoms with E-state index in [1.807, 2.05) is 23.9 Å². The van der Waals surface area contributed by atoms with Gasteiger partial charge in [0.05, 0.1) is 0 Å². The van der Waals surface area contributed by atoms with Crippen LogP contribution in [0.25, 0.3) is 0 Å². The van der Waals surface area contributed by atoms with E-state index in [1.54, 1.807) is 0 Å². The summed E-state index contributed by atoms with van der Waals surface area (Å²) in [6, 6.07) is 6.09. The maximum atomic E-state index is 5.69. The predicted octanol–water partition coefficient (Wildman–Crippen LogP) is 2.55. The number of fused-ring (bicyclic) bond motifs is 1. The average Bonchev–Trinajstić information content (AvgIpc) is 2.39. The minimum absolute atomic E-state index is 0.646. The molecular formula is C14H21NO2S. The van der Waals surface area contributed by atoms with Crippen molar-refractivity contribution in [3.63, 3.8) is 0 Å². The topological polar surface area (TPSA) is 30.5 Å². The molecule has 0 bridgehead atoms. The van der Waals surface area contributed by atoms with E-state index in [2.05, 4.69) is 24.6 Å². The van der Waals surface area contributed by atoms with Crippen LogP contribution in [-0.4, -0.2) is 31.8 Å². The highest BCUT2D eigenvalue weighted by Crippen LogP contribution is 2.33. The van der Waals surface area contributed by atoms with Gasteiger partial charge < -0.3 is 14.8 Å². The Morgan fingerprint density at radius 2 is 2.17 bits per heavy atom. The molecular weight excluding hydrogens is 246 g/mol. The van der Waals surface area contributed by atoms with Gasteiger partial charge in [-0.05, 0) is 30.5 Å². The Balaban J connectivity index is 1.89. The van der Waals surface area contributed by atoms with Crippen molar-refractivity contribution in [3.8, 4) is 11.5 Å². The number of benzene rings is 1. The molecule has 0 saturated heterocycles. The molecule has 0 radical (unpaired) electrons. The van der Waals surface area contributed by atoms with Crippen LogP contribution in [0.5, 0.6) is 11.5 Å². The van der Waals surface area contributed by atoms with Crippen LogP contribution in [0, 0.1) is 5.92 Å². The average molecular weight is 267 g/mol. The first-order valence-electron chi connectivity index (χ1n) is 6.38. The first kappa shape index (κ1) is 13.6. The molecule has 0 aromatic heterocycles. The van der Waals surface area contributed by atoms with Gasteiger partial charge in [-0.15, -0.1) is 0 Å². The van der Waals surface area contributed by atoms with E-state index in [0.29, 0.717) is 19.1 Å². The molecule has 1 N–H and O–H groups in total. The predicted molar refractivity (Wildman–Crippen MR) is 76.7 cm³/mol. The number of ether oxygens (including phenoxy) is 2. The molecule has 1 unspecified atom stereocenters. The zero-order chi connectivity index (χ0) is 12.8. The van der Waals surface area contributed by atoms with Crippen molar-refractivity contribution < 1.29 is 9.47 Å². The number of hydrogen-bond acceptors (Lipinski definition) is 4.